The lowest BCUT2D eigenvalue weighted by atomic mass is 9.96. The number of amides is 1. The molecule has 3 rings (SSSR count). The standard InChI is InChI=1S/C17H19BrClN3O/c1-12-20-6-9-22(12)11-13-4-7-21(8-5-13)17(23)15-10-14(18)2-3-16(15)19/h2-3,6,9-10,13H,4-5,7-8,11H2,1H3. The van der Waals surface area contributed by atoms with Crippen LogP contribution in [-0.4, -0.2) is 33.4 Å². The van der Waals surface area contributed by atoms with Crippen LogP contribution in [0.5, 0.6) is 0 Å². The minimum absolute atomic E-state index is 0.0218. The molecule has 23 heavy (non-hydrogen) atoms. The molecule has 0 aliphatic carbocycles. The molecule has 1 aliphatic rings. The predicted octanol–water partition coefficient (Wildman–Crippen LogP) is 4.16. The minimum Gasteiger partial charge on any atom is -0.339 e. The highest BCUT2D eigenvalue weighted by atomic mass is 79.9. The van der Waals surface area contributed by atoms with Crippen molar-refractivity contribution in [2.24, 2.45) is 5.92 Å². The van der Waals surface area contributed by atoms with Crippen LogP contribution < -0.4 is 0 Å². The Morgan fingerprint density at radius 2 is 2.13 bits per heavy atom. The van der Waals surface area contributed by atoms with Gasteiger partial charge in [0.1, 0.15) is 5.82 Å². The smallest absolute Gasteiger partial charge is 0.255 e. The van der Waals surface area contributed by atoms with Crippen molar-refractivity contribution in [1.82, 2.24) is 14.5 Å². The summed E-state index contributed by atoms with van der Waals surface area (Å²) in [6.45, 7) is 4.56. The number of imidazole rings is 1. The summed E-state index contributed by atoms with van der Waals surface area (Å²) in [5, 5.41) is 0.509. The van der Waals surface area contributed by atoms with Crippen LogP contribution in [0.2, 0.25) is 5.02 Å². The van der Waals surface area contributed by atoms with Crippen LogP contribution in [0.3, 0.4) is 0 Å². The number of rotatable bonds is 3. The van der Waals surface area contributed by atoms with Gasteiger partial charge in [0, 0.05) is 36.5 Å². The molecule has 0 radical (unpaired) electrons. The number of carbonyl (C=O) groups excluding carboxylic acids is 1. The lowest BCUT2D eigenvalue weighted by Gasteiger charge is -2.32. The molecule has 0 unspecified atom stereocenters. The van der Waals surface area contributed by atoms with E-state index in [0.717, 1.165) is 42.8 Å². The van der Waals surface area contributed by atoms with Gasteiger partial charge < -0.3 is 9.47 Å². The van der Waals surface area contributed by atoms with Gasteiger partial charge in [-0.25, -0.2) is 4.98 Å². The molecule has 1 amide bonds. The highest BCUT2D eigenvalue weighted by Crippen LogP contribution is 2.25. The SMILES string of the molecule is Cc1nccn1CC1CCN(C(=O)c2cc(Br)ccc2Cl)CC1. The first kappa shape index (κ1) is 16.5. The summed E-state index contributed by atoms with van der Waals surface area (Å²) >= 11 is 9.57. The average Bonchev–Trinajstić information content (AvgIpc) is 2.95. The topological polar surface area (TPSA) is 38.1 Å². The molecule has 0 spiro atoms. The van der Waals surface area contributed by atoms with E-state index in [9.17, 15) is 4.79 Å². The number of hydrogen-bond donors (Lipinski definition) is 0. The van der Waals surface area contributed by atoms with E-state index in [1.165, 1.54) is 0 Å². The van der Waals surface area contributed by atoms with E-state index < -0.39 is 0 Å². The van der Waals surface area contributed by atoms with E-state index in [1.807, 2.05) is 30.3 Å². The number of benzene rings is 1. The molecule has 1 aromatic heterocycles. The van der Waals surface area contributed by atoms with Crippen LogP contribution in [0.15, 0.2) is 35.1 Å². The summed E-state index contributed by atoms with van der Waals surface area (Å²) in [7, 11) is 0. The third-order valence-corrected chi connectivity index (χ3v) is 5.26. The molecule has 4 nitrogen and oxygen atoms in total. The first-order valence-electron chi connectivity index (χ1n) is 7.76. The fourth-order valence-corrected chi connectivity index (χ4v) is 3.58. The maximum Gasteiger partial charge on any atom is 0.255 e. The fourth-order valence-electron chi connectivity index (χ4n) is 3.03. The molecule has 0 N–H and O–H groups in total. The molecule has 122 valence electrons. The van der Waals surface area contributed by atoms with Crippen molar-refractivity contribution in [3.63, 3.8) is 0 Å². The number of nitrogens with zero attached hydrogens (tertiary/aromatic N) is 3. The molecule has 2 heterocycles. The van der Waals surface area contributed by atoms with Gasteiger partial charge in [-0.2, -0.15) is 0 Å². The highest BCUT2D eigenvalue weighted by Gasteiger charge is 2.25. The summed E-state index contributed by atoms with van der Waals surface area (Å²) in [6, 6.07) is 5.40. The zero-order valence-electron chi connectivity index (χ0n) is 13.0. The van der Waals surface area contributed by atoms with Gasteiger partial charge in [-0.15, -0.1) is 0 Å². The van der Waals surface area contributed by atoms with Gasteiger partial charge in [-0.1, -0.05) is 27.5 Å². The minimum atomic E-state index is 0.0218. The van der Waals surface area contributed by atoms with Crippen LogP contribution in [0, 0.1) is 12.8 Å². The van der Waals surface area contributed by atoms with Gasteiger partial charge in [0.05, 0.1) is 10.6 Å². The maximum atomic E-state index is 12.7. The van der Waals surface area contributed by atoms with Gasteiger partial charge in [0.15, 0.2) is 0 Å². The fraction of sp³-hybridized carbons (Fsp3) is 0.412. The normalized spacial score (nSPS) is 15.9. The average molecular weight is 397 g/mol. The molecule has 0 bridgehead atoms. The van der Waals surface area contributed by atoms with E-state index >= 15 is 0 Å². The Morgan fingerprint density at radius 3 is 2.78 bits per heavy atom. The molecule has 1 aromatic carbocycles. The first-order chi connectivity index (χ1) is 11.0. The third kappa shape index (κ3) is 3.78. The van der Waals surface area contributed by atoms with Crippen molar-refractivity contribution in [1.29, 1.82) is 0 Å². The zero-order chi connectivity index (χ0) is 16.4. The Morgan fingerprint density at radius 1 is 1.39 bits per heavy atom. The number of piperidine rings is 1. The third-order valence-electron chi connectivity index (χ3n) is 4.44. The van der Waals surface area contributed by atoms with E-state index in [2.05, 4.69) is 25.5 Å². The van der Waals surface area contributed by atoms with Gasteiger partial charge in [-0.3, -0.25) is 4.79 Å². The number of aryl methyl sites for hydroxylation is 1. The van der Waals surface area contributed by atoms with Gasteiger partial charge in [0.25, 0.3) is 5.91 Å². The number of likely N-dealkylation sites (tertiary alicyclic amines) is 1. The van der Waals surface area contributed by atoms with E-state index in [4.69, 9.17) is 11.6 Å². The van der Waals surface area contributed by atoms with Crippen molar-refractivity contribution in [3.8, 4) is 0 Å². The number of halogens is 2. The van der Waals surface area contributed by atoms with Crippen molar-refractivity contribution in [3.05, 3.63) is 51.5 Å². The van der Waals surface area contributed by atoms with Crippen LogP contribution >= 0.6 is 27.5 Å². The number of carbonyl (C=O) groups is 1. The Hall–Kier alpha value is -1.33. The zero-order valence-corrected chi connectivity index (χ0v) is 15.3. The highest BCUT2D eigenvalue weighted by molar-refractivity contribution is 9.10. The summed E-state index contributed by atoms with van der Waals surface area (Å²) in [5.41, 5.74) is 0.574. The summed E-state index contributed by atoms with van der Waals surface area (Å²) in [6.07, 6.45) is 5.88. The van der Waals surface area contributed by atoms with Gasteiger partial charge in [0.2, 0.25) is 0 Å². The molecule has 1 fully saturated rings. The molecule has 0 saturated carbocycles. The van der Waals surface area contributed by atoms with Crippen molar-refractivity contribution >= 4 is 33.4 Å². The quantitative estimate of drug-likeness (QED) is 0.781. The summed E-state index contributed by atoms with van der Waals surface area (Å²) < 4.78 is 3.06. The second kappa shape index (κ2) is 7.05. The van der Waals surface area contributed by atoms with E-state index in [1.54, 1.807) is 12.1 Å². The summed E-state index contributed by atoms with van der Waals surface area (Å²) in [4.78, 5) is 18.8. The first-order valence-corrected chi connectivity index (χ1v) is 8.94. The molecular weight excluding hydrogens is 378 g/mol. The summed E-state index contributed by atoms with van der Waals surface area (Å²) in [5.74, 6) is 1.66. The lowest BCUT2D eigenvalue weighted by molar-refractivity contribution is 0.0682. The van der Waals surface area contributed by atoms with Crippen LogP contribution in [-0.2, 0) is 6.54 Å². The second-order valence-corrected chi connectivity index (χ2v) is 7.31. The van der Waals surface area contributed by atoms with Gasteiger partial charge in [-0.05, 0) is 43.9 Å². The van der Waals surface area contributed by atoms with E-state index in [0.29, 0.717) is 16.5 Å². The second-order valence-electron chi connectivity index (χ2n) is 5.99. The molecule has 0 atom stereocenters. The van der Waals surface area contributed by atoms with Crippen LogP contribution in [0.4, 0.5) is 0 Å². The van der Waals surface area contributed by atoms with Gasteiger partial charge >= 0.3 is 0 Å². The predicted molar refractivity (Wildman–Crippen MR) is 94.7 cm³/mol. The van der Waals surface area contributed by atoms with Crippen molar-refractivity contribution in [2.75, 3.05) is 13.1 Å². The Kier molecular flexibility index (Phi) is 5.07. The van der Waals surface area contributed by atoms with Crippen molar-refractivity contribution < 1.29 is 4.79 Å². The van der Waals surface area contributed by atoms with Crippen molar-refractivity contribution in [2.45, 2.75) is 26.3 Å². The Labute approximate surface area is 149 Å². The number of aromatic nitrogens is 2. The Balaban J connectivity index is 1.61. The molecular formula is C17H19BrClN3O. The van der Waals surface area contributed by atoms with Crippen LogP contribution in [0.25, 0.3) is 0 Å². The van der Waals surface area contributed by atoms with E-state index in [-0.39, 0.29) is 5.91 Å². The monoisotopic (exact) mass is 395 g/mol. The molecule has 1 aliphatic heterocycles. The largest absolute Gasteiger partial charge is 0.339 e. The number of hydrogen-bond acceptors (Lipinski definition) is 2. The lowest BCUT2D eigenvalue weighted by Crippen LogP contribution is -2.39. The molecule has 1 saturated heterocycles. The Bertz CT molecular complexity index is 708. The molecule has 6 heteroatoms. The maximum absolute atomic E-state index is 12.7. The van der Waals surface area contributed by atoms with Crippen LogP contribution in [0.1, 0.15) is 29.0 Å². The molecule has 2 aromatic rings.